The van der Waals surface area contributed by atoms with Crippen molar-refractivity contribution in [3.63, 3.8) is 0 Å². The molecule has 19 heavy (non-hydrogen) atoms. The molecule has 0 aliphatic rings. The molecular formula is C14H18ClN3O. The Morgan fingerprint density at radius 3 is 2.79 bits per heavy atom. The Labute approximate surface area is 118 Å². The van der Waals surface area contributed by atoms with Crippen LogP contribution >= 0.6 is 11.6 Å². The van der Waals surface area contributed by atoms with Gasteiger partial charge in [0.2, 0.25) is 0 Å². The first kappa shape index (κ1) is 13.7. The van der Waals surface area contributed by atoms with Gasteiger partial charge < -0.3 is 10.1 Å². The maximum Gasteiger partial charge on any atom is 0.121 e. The summed E-state index contributed by atoms with van der Waals surface area (Å²) in [6.07, 6.45) is 0.938. The highest BCUT2D eigenvalue weighted by Crippen LogP contribution is 2.27. The van der Waals surface area contributed by atoms with Crippen molar-refractivity contribution in [1.82, 2.24) is 9.78 Å². The van der Waals surface area contributed by atoms with Gasteiger partial charge >= 0.3 is 0 Å². The topological polar surface area (TPSA) is 39.1 Å². The van der Waals surface area contributed by atoms with E-state index in [2.05, 4.69) is 23.4 Å². The first-order valence-electron chi connectivity index (χ1n) is 6.23. The zero-order chi connectivity index (χ0) is 13.8. The van der Waals surface area contributed by atoms with Crippen LogP contribution in [0, 0.1) is 0 Å². The SMILES string of the molecule is CCc1cc(CNc2cc(OC)ccc2Cl)n(C)n1. The minimum Gasteiger partial charge on any atom is -0.497 e. The Morgan fingerprint density at radius 2 is 2.16 bits per heavy atom. The average Bonchev–Trinajstić information content (AvgIpc) is 2.78. The third-order valence-corrected chi connectivity index (χ3v) is 3.35. The largest absolute Gasteiger partial charge is 0.497 e. The quantitative estimate of drug-likeness (QED) is 0.913. The minimum absolute atomic E-state index is 0.677. The fourth-order valence-electron chi connectivity index (χ4n) is 1.86. The molecule has 0 saturated carbocycles. The molecule has 0 aliphatic heterocycles. The summed E-state index contributed by atoms with van der Waals surface area (Å²) in [5.41, 5.74) is 3.08. The predicted molar refractivity (Wildman–Crippen MR) is 77.9 cm³/mol. The van der Waals surface area contributed by atoms with E-state index in [-0.39, 0.29) is 0 Å². The standard InChI is InChI=1S/C14H18ClN3O/c1-4-10-7-11(18(2)17-10)9-16-14-8-12(19-3)5-6-13(14)15/h5-8,16H,4,9H2,1-3H3. The lowest BCUT2D eigenvalue weighted by molar-refractivity contribution is 0.415. The van der Waals surface area contributed by atoms with Crippen LogP contribution in [-0.2, 0) is 20.0 Å². The van der Waals surface area contributed by atoms with Crippen LogP contribution in [0.2, 0.25) is 5.02 Å². The second kappa shape index (κ2) is 5.97. The van der Waals surface area contributed by atoms with Gasteiger partial charge in [-0.05, 0) is 24.6 Å². The molecule has 0 saturated heterocycles. The van der Waals surface area contributed by atoms with E-state index in [9.17, 15) is 0 Å². The van der Waals surface area contributed by atoms with Crippen LogP contribution in [0.4, 0.5) is 5.69 Å². The van der Waals surface area contributed by atoms with Crippen LogP contribution < -0.4 is 10.1 Å². The summed E-state index contributed by atoms with van der Waals surface area (Å²) in [5.74, 6) is 0.783. The second-order valence-corrected chi connectivity index (χ2v) is 4.71. The van der Waals surface area contributed by atoms with Crippen molar-refractivity contribution >= 4 is 17.3 Å². The number of nitrogens with zero attached hydrogens (tertiary/aromatic N) is 2. The van der Waals surface area contributed by atoms with Crippen LogP contribution in [0.3, 0.4) is 0 Å². The van der Waals surface area contributed by atoms with Gasteiger partial charge in [0.15, 0.2) is 0 Å². The Kier molecular flexibility index (Phi) is 4.32. The molecule has 1 N–H and O–H groups in total. The van der Waals surface area contributed by atoms with Crippen LogP contribution in [0.25, 0.3) is 0 Å². The van der Waals surface area contributed by atoms with E-state index in [0.717, 1.165) is 29.2 Å². The van der Waals surface area contributed by atoms with Gasteiger partial charge in [-0.15, -0.1) is 0 Å². The van der Waals surface area contributed by atoms with Crippen molar-refractivity contribution in [2.45, 2.75) is 19.9 Å². The van der Waals surface area contributed by atoms with E-state index < -0.39 is 0 Å². The number of hydrogen-bond acceptors (Lipinski definition) is 3. The molecule has 1 aromatic heterocycles. The number of halogens is 1. The molecule has 1 aromatic carbocycles. The zero-order valence-corrected chi connectivity index (χ0v) is 12.2. The number of aryl methyl sites for hydroxylation is 2. The molecule has 2 aromatic rings. The van der Waals surface area contributed by atoms with E-state index >= 15 is 0 Å². The summed E-state index contributed by atoms with van der Waals surface area (Å²) >= 11 is 6.15. The van der Waals surface area contributed by atoms with Gasteiger partial charge in [-0.25, -0.2) is 0 Å². The molecule has 102 valence electrons. The van der Waals surface area contributed by atoms with Gasteiger partial charge in [0.05, 0.1) is 35.8 Å². The number of nitrogens with one attached hydrogen (secondary N) is 1. The molecule has 0 fully saturated rings. The monoisotopic (exact) mass is 279 g/mol. The maximum absolute atomic E-state index is 6.15. The number of benzene rings is 1. The maximum atomic E-state index is 6.15. The van der Waals surface area contributed by atoms with E-state index in [4.69, 9.17) is 16.3 Å². The lowest BCUT2D eigenvalue weighted by atomic mass is 10.2. The molecule has 0 spiro atoms. The van der Waals surface area contributed by atoms with Crippen molar-refractivity contribution in [3.05, 3.63) is 40.7 Å². The smallest absolute Gasteiger partial charge is 0.121 e. The van der Waals surface area contributed by atoms with Crippen molar-refractivity contribution < 1.29 is 4.74 Å². The van der Waals surface area contributed by atoms with Crippen LogP contribution in [-0.4, -0.2) is 16.9 Å². The first-order valence-corrected chi connectivity index (χ1v) is 6.61. The van der Waals surface area contributed by atoms with Gasteiger partial charge in [0.25, 0.3) is 0 Å². The van der Waals surface area contributed by atoms with Crippen molar-refractivity contribution in [3.8, 4) is 5.75 Å². The highest BCUT2D eigenvalue weighted by molar-refractivity contribution is 6.33. The Hall–Kier alpha value is -1.68. The molecule has 4 nitrogen and oxygen atoms in total. The summed E-state index contributed by atoms with van der Waals surface area (Å²) in [6, 6.07) is 7.65. The molecule has 0 aliphatic carbocycles. The molecule has 2 rings (SSSR count). The summed E-state index contributed by atoms with van der Waals surface area (Å²) < 4.78 is 7.08. The van der Waals surface area contributed by atoms with Gasteiger partial charge in [0.1, 0.15) is 5.75 Å². The predicted octanol–water partition coefficient (Wildman–Crippen LogP) is 3.26. The van der Waals surface area contributed by atoms with Crippen LogP contribution in [0.1, 0.15) is 18.3 Å². The van der Waals surface area contributed by atoms with E-state index in [1.807, 2.05) is 29.9 Å². The highest BCUT2D eigenvalue weighted by Gasteiger charge is 2.06. The number of hydrogen-bond donors (Lipinski definition) is 1. The number of ether oxygens (including phenoxy) is 1. The molecule has 0 amide bonds. The third-order valence-electron chi connectivity index (χ3n) is 3.02. The minimum atomic E-state index is 0.677. The van der Waals surface area contributed by atoms with Crippen LogP contribution in [0.15, 0.2) is 24.3 Å². The van der Waals surface area contributed by atoms with E-state index in [1.54, 1.807) is 7.11 Å². The molecule has 0 unspecified atom stereocenters. The van der Waals surface area contributed by atoms with Crippen molar-refractivity contribution in [2.75, 3.05) is 12.4 Å². The first-order chi connectivity index (χ1) is 9.13. The normalized spacial score (nSPS) is 10.5. The summed E-state index contributed by atoms with van der Waals surface area (Å²) in [5, 5.41) is 8.41. The fraction of sp³-hybridized carbons (Fsp3) is 0.357. The van der Waals surface area contributed by atoms with E-state index in [1.165, 1.54) is 0 Å². The molecule has 0 radical (unpaired) electrons. The molecular weight excluding hydrogens is 262 g/mol. The number of aromatic nitrogens is 2. The Balaban J connectivity index is 2.11. The van der Waals surface area contributed by atoms with Gasteiger partial charge in [-0.2, -0.15) is 5.10 Å². The van der Waals surface area contributed by atoms with Gasteiger partial charge in [0, 0.05) is 13.1 Å². The summed E-state index contributed by atoms with van der Waals surface area (Å²) in [4.78, 5) is 0. The number of rotatable bonds is 5. The van der Waals surface area contributed by atoms with Gasteiger partial charge in [-0.1, -0.05) is 18.5 Å². The Morgan fingerprint density at radius 1 is 1.37 bits per heavy atom. The van der Waals surface area contributed by atoms with Crippen molar-refractivity contribution in [1.29, 1.82) is 0 Å². The molecule has 0 atom stereocenters. The number of anilines is 1. The summed E-state index contributed by atoms with van der Waals surface area (Å²) in [6.45, 7) is 2.77. The molecule has 5 heteroatoms. The lowest BCUT2D eigenvalue weighted by Crippen LogP contribution is -2.05. The number of methoxy groups -OCH3 is 1. The second-order valence-electron chi connectivity index (χ2n) is 4.30. The van der Waals surface area contributed by atoms with Crippen LogP contribution in [0.5, 0.6) is 5.75 Å². The van der Waals surface area contributed by atoms with E-state index in [0.29, 0.717) is 11.6 Å². The molecule has 0 bridgehead atoms. The Bertz CT molecular complexity index is 566. The van der Waals surface area contributed by atoms with Crippen molar-refractivity contribution in [2.24, 2.45) is 7.05 Å². The van der Waals surface area contributed by atoms with Gasteiger partial charge in [-0.3, -0.25) is 4.68 Å². The third kappa shape index (κ3) is 3.20. The summed E-state index contributed by atoms with van der Waals surface area (Å²) in [7, 11) is 3.59. The average molecular weight is 280 g/mol. The molecule has 1 heterocycles. The highest BCUT2D eigenvalue weighted by atomic mass is 35.5. The fourth-order valence-corrected chi connectivity index (χ4v) is 2.05. The zero-order valence-electron chi connectivity index (χ0n) is 11.4. The lowest BCUT2D eigenvalue weighted by Gasteiger charge is -2.10.